The normalized spacial score (nSPS) is 42.7. The van der Waals surface area contributed by atoms with E-state index in [-0.39, 0.29) is 6.17 Å². The van der Waals surface area contributed by atoms with Gasteiger partial charge in [-0.05, 0) is 43.0 Å². The quantitative estimate of drug-likeness (QED) is 0.554. The second-order valence-electron chi connectivity index (χ2n) is 8.49. The Kier molecular flexibility index (Phi) is 5.10. The van der Waals surface area contributed by atoms with Crippen LogP contribution in [0.2, 0.25) is 0 Å². The van der Waals surface area contributed by atoms with Crippen molar-refractivity contribution in [2.24, 2.45) is 5.92 Å². The first kappa shape index (κ1) is 19.7. The number of aliphatic hydroxyl groups is 2. The molecule has 4 heterocycles. The van der Waals surface area contributed by atoms with Crippen molar-refractivity contribution in [2.45, 2.75) is 62.6 Å². The number of rotatable bonds is 2. The SMILES string of the molecule is CC1NCNC2C1CCN2[C@@H]1O[C@H]([C@@H]2OCCc3cc(F)c(F)cc32)[C@@H](O)[C@H]1O. The molecule has 0 spiro atoms. The van der Waals surface area contributed by atoms with Crippen molar-refractivity contribution in [1.29, 1.82) is 0 Å². The molecule has 1 aromatic rings. The standard InChI is InChI=1S/C20H27F2N3O4/c1-9-11-2-4-25(19(11)24-8-23-9)20-16(27)15(26)18(29-20)17-12-7-14(22)13(21)6-10(12)3-5-28-17/h6-7,9,11,15-20,23-24,26-27H,2-5,8H2,1H3/t9?,11?,15-,16+,17+,18-,19?,20+/m0/s1. The van der Waals surface area contributed by atoms with Crippen molar-refractivity contribution in [3.63, 3.8) is 0 Å². The van der Waals surface area contributed by atoms with Crippen LogP contribution in [0.25, 0.3) is 0 Å². The zero-order valence-electron chi connectivity index (χ0n) is 16.2. The molecule has 4 aliphatic heterocycles. The molecule has 9 heteroatoms. The van der Waals surface area contributed by atoms with Crippen molar-refractivity contribution in [1.82, 2.24) is 15.5 Å². The highest BCUT2D eigenvalue weighted by molar-refractivity contribution is 5.34. The Morgan fingerprint density at radius 1 is 1.14 bits per heavy atom. The Balaban J connectivity index is 1.39. The molecule has 3 unspecified atom stereocenters. The number of aliphatic hydroxyl groups excluding tert-OH is 2. The first-order valence-corrected chi connectivity index (χ1v) is 10.3. The van der Waals surface area contributed by atoms with Crippen LogP contribution in [0.4, 0.5) is 8.78 Å². The number of halogens is 2. The largest absolute Gasteiger partial charge is 0.387 e. The number of nitrogens with zero attached hydrogens (tertiary/aromatic N) is 1. The van der Waals surface area contributed by atoms with Crippen LogP contribution >= 0.6 is 0 Å². The number of nitrogens with one attached hydrogen (secondary N) is 2. The summed E-state index contributed by atoms with van der Waals surface area (Å²) >= 11 is 0. The van der Waals surface area contributed by atoms with Crippen molar-refractivity contribution in [2.75, 3.05) is 19.8 Å². The lowest BCUT2D eigenvalue weighted by molar-refractivity contribution is -0.142. The molecule has 0 saturated carbocycles. The lowest BCUT2D eigenvalue weighted by Crippen LogP contribution is -2.61. The fourth-order valence-corrected chi connectivity index (χ4v) is 5.35. The summed E-state index contributed by atoms with van der Waals surface area (Å²) in [6.45, 7) is 3.86. The van der Waals surface area contributed by atoms with E-state index in [2.05, 4.69) is 22.5 Å². The van der Waals surface area contributed by atoms with Crippen molar-refractivity contribution >= 4 is 0 Å². The number of likely N-dealkylation sites (tertiary alicyclic amines) is 1. The monoisotopic (exact) mass is 411 g/mol. The highest BCUT2D eigenvalue weighted by Crippen LogP contribution is 2.41. The number of hydrogen-bond donors (Lipinski definition) is 4. The molecule has 3 saturated heterocycles. The van der Waals surface area contributed by atoms with Crippen molar-refractivity contribution in [3.8, 4) is 0 Å². The maximum absolute atomic E-state index is 13.9. The number of fused-ring (bicyclic) bond motifs is 2. The van der Waals surface area contributed by atoms with E-state index in [4.69, 9.17) is 9.47 Å². The van der Waals surface area contributed by atoms with Gasteiger partial charge in [-0.3, -0.25) is 10.2 Å². The number of benzene rings is 1. The van der Waals surface area contributed by atoms with Crippen LogP contribution in [0.3, 0.4) is 0 Å². The van der Waals surface area contributed by atoms with E-state index in [1.165, 1.54) is 6.07 Å². The maximum atomic E-state index is 13.9. The van der Waals surface area contributed by atoms with Gasteiger partial charge in [0.1, 0.15) is 30.6 Å². The molecule has 1 aromatic carbocycles. The van der Waals surface area contributed by atoms with Gasteiger partial charge in [-0.1, -0.05) is 0 Å². The van der Waals surface area contributed by atoms with E-state index >= 15 is 0 Å². The molecule has 29 heavy (non-hydrogen) atoms. The second-order valence-corrected chi connectivity index (χ2v) is 8.49. The van der Waals surface area contributed by atoms with Gasteiger partial charge in [-0.2, -0.15) is 0 Å². The summed E-state index contributed by atoms with van der Waals surface area (Å²) in [6, 6.07) is 2.64. The third-order valence-corrected chi connectivity index (χ3v) is 6.92. The zero-order chi connectivity index (χ0) is 20.3. The second kappa shape index (κ2) is 7.49. The Hall–Kier alpha value is -1.20. The molecule has 7 nitrogen and oxygen atoms in total. The summed E-state index contributed by atoms with van der Waals surface area (Å²) in [4.78, 5) is 2.06. The van der Waals surface area contributed by atoms with Gasteiger partial charge in [-0.25, -0.2) is 8.78 Å². The zero-order valence-corrected chi connectivity index (χ0v) is 16.2. The van der Waals surface area contributed by atoms with E-state index in [0.717, 1.165) is 19.0 Å². The average Bonchev–Trinajstić information content (AvgIpc) is 3.25. The molecule has 3 fully saturated rings. The Morgan fingerprint density at radius 2 is 1.93 bits per heavy atom. The molecule has 160 valence electrons. The topological polar surface area (TPSA) is 86.2 Å². The van der Waals surface area contributed by atoms with Crippen LogP contribution in [0, 0.1) is 17.6 Å². The summed E-state index contributed by atoms with van der Waals surface area (Å²) in [5.74, 6) is -1.48. The lowest BCUT2D eigenvalue weighted by atomic mass is 9.91. The van der Waals surface area contributed by atoms with Crippen LogP contribution in [0.15, 0.2) is 12.1 Å². The molecular formula is C20H27F2N3O4. The molecule has 5 rings (SSSR count). The summed E-state index contributed by atoms with van der Waals surface area (Å²) in [5.41, 5.74) is 1.11. The fraction of sp³-hybridized carbons (Fsp3) is 0.700. The lowest BCUT2D eigenvalue weighted by Gasteiger charge is -2.40. The molecule has 0 aromatic heterocycles. The Bertz CT molecular complexity index is 784. The molecular weight excluding hydrogens is 384 g/mol. The first-order chi connectivity index (χ1) is 14.0. The molecule has 4 aliphatic rings. The smallest absolute Gasteiger partial charge is 0.159 e. The van der Waals surface area contributed by atoms with Crippen LogP contribution in [0.5, 0.6) is 0 Å². The van der Waals surface area contributed by atoms with Gasteiger partial charge in [0, 0.05) is 25.2 Å². The van der Waals surface area contributed by atoms with Crippen molar-refractivity contribution < 1.29 is 28.5 Å². The van der Waals surface area contributed by atoms with E-state index in [1.54, 1.807) is 0 Å². The van der Waals surface area contributed by atoms with Gasteiger partial charge in [0.2, 0.25) is 0 Å². The van der Waals surface area contributed by atoms with Gasteiger partial charge in [-0.15, -0.1) is 0 Å². The number of ether oxygens (including phenoxy) is 2. The third-order valence-electron chi connectivity index (χ3n) is 6.92. The van der Waals surface area contributed by atoms with Gasteiger partial charge >= 0.3 is 0 Å². The highest BCUT2D eigenvalue weighted by atomic mass is 19.2. The van der Waals surface area contributed by atoms with E-state index in [1.807, 2.05) is 0 Å². The predicted octanol–water partition coefficient (Wildman–Crippen LogP) is 0.212. The van der Waals surface area contributed by atoms with E-state index in [0.29, 0.717) is 42.8 Å². The molecule has 8 atom stereocenters. The molecule has 0 aliphatic carbocycles. The van der Waals surface area contributed by atoms with E-state index in [9.17, 15) is 19.0 Å². The molecule has 4 N–H and O–H groups in total. The summed E-state index contributed by atoms with van der Waals surface area (Å²) in [7, 11) is 0. The third kappa shape index (κ3) is 3.20. The van der Waals surface area contributed by atoms with E-state index < -0.39 is 42.3 Å². The Labute approximate surface area is 168 Å². The van der Waals surface area contributed by atoms with Crippen LogP contribution in [-0.4, -0.2) is 71.7 Å². The summed E-state index contributed by atoms with van der Waals surface area (Å²) in [5, 5.41) is 28.3. The number of hydrogen-bond acceptors (Lipinski definition) is 7. The molecule has 0 bridgehead atoms. The maximum Gasteiger partial charge on any atom is 0.159 e. The minimum absolute atomic E-state index is 0.0444. The van der Waals surface area contributed by atoms with Gasteiger partial charge < -0.3 is 25.0 Å². The van der Waals surface area contributed by atoms with Crippen LogP contribution in [-0.2, 0) is 15.9 Å². The van der Waals surface area contributed by atoms with Gasteiger partial charge in [0.05, 0.1) is 12.8 Å². The Morgan fingerprint density at radius 3 is 2.76 bits per heavy atom. The van der Waals surface area contributed by atoms with Crippen LogP contribution in [0.1, 0.15) is 30.6 Å². The molecule has 0 radical (unpaired) electrons. The summed E-state index contributed by atoms with van der Waals surface area (Å²) in [6.07, 6.45) is -3.18. The van der Waals surface area contributed by atoms with Gasteiger partial charge in [0.25, 0.3) is 0 Å². The minimum Gasteiger partial charge on any atom is -0.387 e. The predicted molar refractivity (Wildman–Crippen MR) is 98.6 cm³/mol. The van der Waals surface area contributed by atoms with Crippen LogP contribution < -0.4 is 10.6 Å². The average molecular weight is 411 g/mol. The van der Waals surface area contributed by atoms with Gasteiger partial charge in [0.15, 0.2) is 11.6 Å². The fourth-order valence-electron chi connectivity index (χ4n) is 5.35. The van der Waals surface area contributed by atoms with Crippen molar-refractivity contribution in [3.05, 3.63) is 34.9 Å². The molecule has 0 amide bonds. The highest BCUT2D eigenvalue weighted by Gasteiger charge is 2.54. The minimum atomic E-state index is -1.19. The summed E-state index contributed by atoms with van der Waals surface area (Å²) < 4.78 is 39.5. The first-order valence-electron chi connectivity index (χ1n) is 10.3.